The first-order valence-electron chi connectivity index (χ1n) is 7.89. The van der Waals surface area contributed by atoms with Gasteiger partial charge >= 0.3 is 0 Å². The third-order valence-electron chi connectivity index (χ3n) is 4.19. The Morgan fingerprint density at radius 1 is 0.391 bits per heavy atom. The molecule has 0 fully saturated rings. The third-order valence-corrected chi connectivity index (χ3v) is 4.19. The predicted molar refractivity (Wildman–Crippen MR) is 97.6 cm³/mol. The van der Waals surface area contributed by atoms with Crippen molar-refractivity contribution in [3.63, 3.8) is 0 Å². The molecule has 0 heterocycles. The first-order valence-corrected chi connectivity index (χ1v) is 7.89. The largest absolute Gasteiger partial charge is 0.0674 e. The molecule has 0 saturated heterocycles. The Kier molecular flexibility index (Phi) is 3.65. The van der Waals surface area contributed by atoms with E-state index >= 15 is 0 Å². The highest BCUT2D eigenvalue weighted by Crippen LogP contribution is 2.43. The molecule has 0 amide bonds. The normalized spacial score (nSPS) is 14.4. The maximum atomic E-state index is 2.24. The molecule has 1 aliphatic rings. The van der Waals surface area contributed by atoms with Gasteiger partial charge < -0.3 is 0 Å². The first-order chi connectivity index (χ1) is 11.4. The Balaban J connectivity index is 1.90. The molecule has 0 bridgehead atoms. The van der Waals surface area contributed by atoms with Crippen LogP contribution in [-0.2, 0) is 0 Å². The zero-order valence-electron chi connectivity index (χ0n) is 12.8. The van der Waals surface area contributed by atoms with Gasteiger partial charge in [-0.2, -0.15) is 0 Å². The minimum Gasteiger partial charge on any atom is -0.0674 e. The summed E-state index contributed by atoms with van der Waals surface area (Å²) in [5.41, 5.74) is 6.37. The van der Waals surface area contributed by atoms with Gasteiger partial charge in [-0.15, -0.1) is 0 Å². The van der Waals surface area contributed by atoms with E-state index in [0.29, 0.717) is 0 Å². The average molecular weight is 293 g/mol. The maximum absolute atomic E-state index is 2.24. The Morgan fingerprint density at radius 2 is 0.870 bits per heavy atom. The minimum absolute atomic E-state index is 1.26. The van der Waals surface area contributed by atoms with Crippen molar-refractivity contribution in [2.24, 2.45) is 0 Å². The number of hydrogen-bond donors (Lipinski definition) is 0. The van der Waals surface area contributed by atoms with Gasteiger partial charge in [0, 0.05) is 0 Å². The van der Waals surface area contributed by atoms with Crippen LogP contribution >= 0.6 is 0 Å². The lowest BCUT2D eigenvalue weighted by Crippen LogP contribution is -1.99. The zero-order valence-corrected chi connectivity index (χ0v) is 12.8. The van der Waals surface area contributed by atoms with Gasteiger partial charge in [0.2, 0.25) is 0 Å². The molecule has 0 nitrogen and oxygen atoms in total. The second-order valence-corrected chi connectivity index (χ2v) is 5.63. The fourth-order valence-electron chi connectivity index (χ4n) is 3.11. The van der Waals surface area contributed by atoms with Crippen molar-refractivity contribution in [3.05, 3.63) is 126 Å². The highest BCUT2D eigenvalue weighted by Gasteiger charge is 2.24. The van der Waals surface area contributed by atoms with Crippen molar-refractivity contribution in [2.45, 2.75) is 0 Å². The highest BCUT2D eigenvalue weighted by molar-refractivity contribution is 6.07. The van der Waals surface area contributed by atoms with E-state index in [-0.39, 0.29) is 0 Å². The first kappa shape index (κ1) is 13.8. The molecule has 3 aromatic rings. The molecule has 3 aromatic carbocycles. The second-order valence-electron chi connectivity index (χ2n) is 5.63. The van der Waals surface area contributed by atoms with E-state index in [1.807, 2.05) is 0 Å². The Morgan fingerprint density at radius 3 is 1.43 bits per heavy atom. The van der Waals surface area contributed by atoms with Crippen molar-refractivity contribution < 1.29 is 0 Å². The quantitative estimate of drug-likeness (QED) is 0.573. The molecule has 23 heavy (non-hydrogen) atoms. The van der Waals surface area contributed by atoms with Crippen LogP contribution < -0.4 is 0 Å². The van der Waals surface area contributed by atoms with Crippen LogP contribution in [0.5, 0.6) is 0 Å². The molecule has 0 N–H and O–H groups in total. The van der Waals surface area contributed by atoms with Crippen molar-refractivity contribution in [1.82, 2.24) is 0 Å². The van der Waals surface area contributed by atoms with Gasteiger partial charge in [0.1, 0.15) is 0 Å². The number of allylic oxidation sites excluding steroid dienone is 4. The van der Waals surface area contributed by atoms with Gasteiger partial charge in [-0.05, 0) is 27.8 Å². The fraction of sp³-hybridized carbons (Fsp3) is 0. The highest BCUT2D eigenvalue weighted by atomic mass is 14.3. The summed E-state index contributed by atoms with van der Waals surface area (Å²) in [5.74, 6) is 1.29. The molecule has 0 atom stereocenters. The molecule has 1 aliphatic carbocycles. The lowest BCUT2D eigenvalue weighted by Gasteiger charge is -2.16. The van der Waals surface area contributed by atoms with E-state index in [1.54, 1.807) is 0 Å². The van der Waals surface area contributed by atoms with Gasteiger partial charge in [-0.1, -0.05) is 103 Å². The molecular weight excluding hydrogens is 276 g/mol. The van der Waals surface area contributed by atoms with Crippen molar-refractivity contribution in [3.8, 4) is 0 Å². The van der Waals surface area contributed by atoms with Crippen LogP contribution in [-0.4, -0.2) is 0 Å². The summed E-state index contributed by atoms with van der Waals surface area (Å²) in [6.07, 6.45) is 4.47. The van der Waals surface area contributed by atoms with E-state index in [0.717, 1.165) is 0 Å². The van der Waals surface area contributed by atoms with E-state index in [9.17, 15) is 0 Å². The third kappa shape index (κ3) is 2.64. The summed E-state index contributed by atoms with van der Waals surface area (Å²) < 4.78 is 0. The molecule has 0 unspecified atom stereocenters. The molecule has 4 rings (SSSR count). The molecule has 109 valence electrons. The van der Waals surface area contributed by atoms with Gasteiger partial charge in [0.15, 0.2) is 0 Å². The van der Waals surface area contributed by atoms with Crippen LogP contribution in [0.25, 0.3) is 11.1 Å². The van der Waals surface area contributed by atoms with Crippen LogP contribution in [0.15, 0.2) is 103 Å². The van der Waals surface area contributed by atoms with E-state index in [2.05, 4.69) is 103 Å². The van der Waals surface area contributed by atoms with E-state index in [1.165, 1.54) is 33.8 Å². The SMILES string of the molecule is C1=CC(c2ccccc2)=C(c2ccccc2)[C]1c1ccccc1. The fourth-order valence-corrected chi connectivity index (χ4v) is 3.11. The summed E-state index contributed by atoms with van der Waals surface area (Å²) in [5, 5.41) is 0. The predicted octanol–water partition coefficient (Wildman–Crippen LogP) is 5.79. The van der Waals surface area contributed by atoms with Crippen molar-refractivity contribution in [2.75, 3.05) is 0 Å². The summed E-state index contributed by atoms with van der Waals surface area (Å²) in [6, 6.07) is 31.9. The Hall–Kier alpha value is -2.86. The average Bonchev–Trinajstić information content (AvgIpc) is 3.09. The maximum Gasteiger partial charge on any atom is 0.0569 e. The summed E-state index contributed by atoms with van der Waals surface area (Å²) in [4.78, 5) is 0. The molecule has 0 saturated carbocycles. The summed E-state index contributed by atoms with van der Waals surface area (Å²) in [7, 11) is 0. The minimum atomic E-state index is 1.26. The standard InChI is InChI=1S/C23H17/c1-4-10-18(11-5-1)21-16-17-22(19-12-6-2-7-13-19)23(21)20-14-8-3-9-15-20/h1-17H. The molecule has 1 radical (unpaired) electrons. The lowest BCUT2D eigenvalue weighted by atomic mass is 9.86. The van der Waals surface area contributed by atoms with Gasteiger partial charge in [0.25, 0.3) is 0 Å². The lowest BCUT2D eigenvalue weighted by molar-refractivity contribution is 1.39. The summed E-state index contributed by atoms with van der Waals surface area (Å²) in [6.45, 7) is 0. The summed E-state index contributed by atoms with van der Waals surface area (Å²) >= 11 is 0. The Labute approximate surface area is 137 Å². The van der Waals surface area contributed by atoms with Gasteiger partial charge in [-0.3, -0.25) is 0 Å². The molecular formula is C23H17. The number of rotatable bonds is 3. The van der Waals surface area contributed by atoms with Crippen molar-refractivity contribution in [1.29, 1.82) is 0 Å². The molecule has 0 heteroatoms. The monoisotopic (exact) mass is 293 g/mol. The molecule has 0 spiro atoms. The number of benzene rings is 3. The topological polar surface area (TPSA) is 0 Å². The second kappa shape index (κ2) is 6.10. The van der Waals surface area contributed by atoms with E-state index < -0.39 is 0 Å². The van der Waals surface area contributed by atoms with Crippen LogP contribution in [0.1, 0.15) is 16.7 Å². The van der Waals surface area contributed by atoms with Crippen LogP contribution in [0.4, 0.5) is 0 Å². The molecule has 0 aliphatic heterocycles. The zero-order chi connectivity index (χ0) is 15.5. The van der Waals surface area contributed by atoms with Crippen LogP contribution in [0, 0.1) is 5.92 Å². The number of hydrogen-bond acceptors (Lipinski definition) is 0. The van der Waals surface area contributed by atoms with Gasteiger partial charge in [-0.25, -0.2) is 0 Å². The Bertz CT molecular complexity index is 840. The molecule has 0 aromatic heterocycles. The van der Waals surface area contributed by atoms with Crippen LogP contribution in [0.2, 0.25) is 0 Å². The van der Waals surface area contributed by atoms with Gasteiger partial charge in [0.05, 0.1) is 5.92 Å². The van der Waals surface area contributed by atoms with Crippen LogP contribution in [0.3, 0.4) is 0 Å². The van der Waals surface area contributed by atoms with Crippen molar-refractivity contribution >= 4 is 11.1 Å². The smallest absolute Gasteiger partial charge is 0.0569 e. The van der Waals surface area contributed by atoms with E-state index in [4.69, 9.17) is 0 Å².